The molecule has 0 aromatic rings. The fourth-order valence-electron chi connectivity index (χ4n) is 0.178. The molecule has 0 radical (unpaired) electrons. The Morgan fingerprint density at radius 2 is 1.83 bits per heavy atom. The first-order chi connectivity index (χ1) is 5.36. The zero-order valence-corrected chi connectivity index (χ0v) is 7.94. The fraction of sp³-hybridized carbons (Fsp3) is 0.200. The summed E-state index contributed by atoms with van der Waals surface area (Å²) in [6.07, 6.45) is 0. The Bertz CT molecular complexity index is 166. The van der Waals surface area contributed by atoms with E-state index in [4.69, 9.17) is 9.90 Å². The molecule has 0 aliphatic carbocycles. The van der Waals surface area contributed by atoms with E-state index in [0.29, 0.717) is 0 Å². The smallest absolute Gasteiger partial charge is 0.276 e. The van der Waals surface area contributed by atoms with Gasteiger partial charge in [0.2, 0.25) is 0 Å². The summed E-state index contributed by atoms with van der Waals surface area (Å²) < 4.78 is 0. The monoisotopic (exact) mass is 210 g/mol. The zero-order chi connectivity index (χ0) is 10.1. The molecule has 0 aromatic heterocycles. The normalized spacial score (nSPS) is 7.50. The average Bonchev–Trinajstić information content (AvgIpc) is 1.82. The molecule has 0 fully saturated rings. The number of aliphatic hydroxyl groups is 1. The molecule has 0 aliphatic heterocycles. The molecule has 7 heteroatoms. The second kappa shape index (κ2) is 8.28. The summed E-state index contributed by atoms with van der Waals surface area (Å²) in [7, 11) is 0. The van der Waals surface area contributed by atoms with Gasteiger partial charge in [-0.2, -0.15) is 0 Å². The topological polar surface area (TPSA) is 92.4 Å². The predicted molar refractivity (Wildman–Crippen MR) is 52.7 cm³/mol. The first-order valence-electron chi connectivity index (χ1n) is 2.68. The molecule has 0 aromatic carbocycles. The number of amides is 2. The third-order valence-electron chi connectivity index (χ3n) is 0.444. The summed E-state index contributed by atoms with van der Waals surface area (Å²) in [6.45, 7) is 3.21. The van der Waals surface area contributed by atoms with Crippen LogP contribution in [-0.2, 0) is 0 Å². The average molecular weight is 210 g/mol. The summed E-state index contributed by atoms with van der Waals surface area (Å²) in [6, 6.07) is 0. The molecule has 0 spiro atoms. The van der Waals surface area contributed by atoms with Crippen LogP contribution in [0.1, 0.15) is 0 Å². The van der Waals surface area contributed by atoms with E-state index in [2.05, 4.69) is 42.9 Å². The fourth-order valence-corrected chi connectivity index (χ4v) is 0.257. The molecular formula is C5H10N2O3S2. The summed E-state index contributed by atoms with van der Waals surface area (Å²) in [5, 5.41) is 9.47. The van der Waals surface area contributed by atoms with E-state index in [1.54, 1.807) is 0 Å². The van der Waals surface area contributed by atoms with Gasteiger partial charge in [-0.15, -0.1) is 0 Å². The summed E-state index contributed by atoms with van der Waals surface area (Å²) in [4.78, 5) is 19.0. The van der Waals surface area contributed by atoms with Gasteiger partial charge in [-0.25, -0.2) is 0 Å². The van der Waals surface area contributed by atoms with Crippen LogP contribution in [0.2, 0.25) is 0 Å². The molecule has 5 nitrogen and oxygen atoms in total. The van der Waals surface area contributed by atoms with Crippen molar-refractivity contribution < 1.29 is 14.7 Å². The minimum Gasteiger partial charge on any atom is -0.511 e. The minimum atomic E-state index is -0.639. The molecule has 0 bridgehead atoms. The van der Waals surface area contributed by atoms with Crippen LogP contribution in [0, 0.1) is 0 Å². The second-order valence-electron chi connectivity index (χ2n) is 1.56. The molecular weight excluding hydrogens is 200 g/mol. The number of carbonyl (C=O) groups excluding carboxylic acids is 2. The lowest BCUT2D eigenvalue weighted by molar-refractivity contribution is 0.260. The number of thiol groups is 2. The molecule has 0 saturated heterocycles. The first-order valence-corrected chi connectivity index (χ1v) is 3.57. The molecule has 0 rings (SSSR count). The maximum absolute atomic E-state index is 9.95. The van der Waals surface area contributed by atoms with Crippen LogP contribution in [0.15, 0.2) is 12.3 Å². The maximum Gasteiger partial charge on any atom is 0.276 e. The highest BCUT2D eigenvalue weighted by molar-refractivity contribution is 7.96. The van der Waals surface area contributed by atoms with Gasteiger partial charge in [-0.1, -0.05) is 31.8 Å². The lowest BCUT2D eigenvalue weighted by atomic mass is 10.6. The van der Waals surface area contributed by atoms with Crippen molar-refractivity contribution in [2.75, 3.05) is 6.54 Å². The number of rotatable bonds is 2. The van der Waals surface area contributed by atoms with E-state index in [1.807, 2.05) is 0 Å². The Morgan fingerprint density at radius 1 is 1.50 bits per heavy atom. The highest BCUT2D eigenvalue weighted by Crippen LogP contribution is 1.79. The van der Waals surface area contributed by atoms with Gasteiger partial charge in [0.25, 0.3) is 10.5 Å². The highest BCUT2D eigenvalue weighted by atomic mass is 32.1. The van der Waals surface area contributed by atoms with Crippen LogP contribution < -0.4 is 11.1 Å². The number of aliphatic hydroxyl groups excluding tert-OH is 1. The number of nitrogens with one attached hydrogen (secondary N) is 1. The van der Waals surface area contributed by atoms with Crippen LogP contribution >= 0.6 is 25.3 Å². The first kappa shape index (κ1) is 13.7. The quantitative estimate of drug-likeness (QED) is 0.343. The Kier molecular flexibility index (Phi) is 9.48. The number of nitrogens with two attached hydrogens (primary N) is 1. The van der Waals surface area contributed by atoms with Crippen LogP contribution in [0.5, 0.6) is 0 Å². The number of carbonyl (C=O) groups is 2. The second-order valence-corrected chi connectivity index (χ2v) is 2.41. The summed E-state index contributed by atoms with van der Waals surface area (Å²) >= 11 is 6.48. The third-order valence-corrected chi connectivity index (χ3v) is 0.602. The van der Waals surface area contributed by atoms with Gasteiger partial charge in [-0.3, -0.25) is 9.59 Å². The van der Waals surface area contributed by atoms with E-state index in [9.17, 15) is 4.79 Å². The summed E-state index contributed by atoms with van der Waals surface area (Å²) in [5.41, 5.74) is 4.34. The van der Waals surface area contributed by atoms with Crippen molar-refractivity contribution >= 4 is 35.7 Å². The molecule has 2 amide bonds. The SMILES string of the molecule is C=C(O)CNC(=O)S.NC(=O)S. The van der Waals surface area contributed by atoms with E-state index >= 15 is 0 Å². The Balaban J connectivity index is 0. The van der Waals surface area contributed by atoms with Gasteiger partial charge in [0.1, 0.15) is 5.76 Å². The molecule has 0 saturated carbocycles. The van der Waals surface area contributed by atoms with E-state index < -0.39 is 10.5 Å². The van der Waals surface area contributed by atoms with Gasteiger partial charge in [0.05, 0.1) is 6.54 Å². The van der Waals surface area contributed by atoms with E-state index in [0.717, 1.165) is 0 Å². The molecule has 0 heterocycles. The largest absolute Gasteiger partial charge is 0.511 e. The Labute approximate surface area is 80.8 Å². The van der Waals surface area contributed by atoms with E-state index in [1.165, 1.54) is 0 Å². The van der Waals surface area contributed by atoms with Gasteiger partial charge >= 0.3 is 0 Å². The maximum atomic E-state index is 9.95. The van der Waals surface area contributed by atoms with Crippen molar-refractivity contribution in [2.45, 2.75) is 0 Å². The van der Waals surface area contributed by atoms with Gasteiger partial charge < -0.3 is 16.2 Å². The van der Waals surface area contributed by atoms with Crippen molar-refractivity contribution in [1.29, 1.82) is 0 Å². The zero-order valence-electron chi connectivity index (χ0n) is 6.15. The number of hydrogen-bond donors (Lipinski definition) is 5. The van der Waals surface area contributed by atoms with Crippen molar-refractivity contribution in [1.82, 2.24) is 5.32 Å². The van der Waals surface area contributed by atoms with Gasteiger partial charge in [0.15, 0.2) is 0 Å². The van der Waals surface area contributed by atoms with Crippen molar-refractivity contribution in [2.24, 2.45) is 5.73 Å². The molecule has 0 aliphatic rings. The van der Waals surface area contributed by atoms with Crippen LogP contribution in [0.3, 0.4) is 0 Å². The van der Waals surface area contributed by atoms with Crippen molar-refractivity contribution in [3.05, 3.63) is 12.3 Å². The molecule has 4 N–H and O–H groups in total. The predicted octanol–water partition coefficient (Wildman–Crippen LogP) is 0.692. The van der Waals surface area contributed by atoms with Crippen molar-refractivity contribution in [3.8, 4) is 0 Å². The molecule has 0 atom stereocenters. The lowest BCUT2D eigenvalue weighted by Crippen LogP contribution is -2.18. The third kappa shape index (κ3) is 35.2. The minimum absolute atomic E-state index is 0.0718. The standard InChI is InChI=1S/C4H7NO2S.CH3NOS/c1-3(6)2-5-4(7)8;2-1(3)4/h6H,1-2H2,(H2,5,7,8);(H3,2,3,4). The Morgan fingerprint density at radius 3 is 1.92 bits per heavy atom. The molecule has 70 valence electrons. The number of primary amides is 1. The van der Waals surface area contributed by atoms with Crippen LogP contribution in [0.25, 0.3) is 0 Å². The van der Waals surface area contributed by atoms with Gasteiger partial charge in [-0.05, 0) is 0 Å². The number of hydrogen-bond acceptors (Lipinski definition) is 3. The van der Waals surface area contributed by atoms with Crippen molar-refractivity contribution in [3.63, 3.8) is 0 Å². The van der Waals surface area contributed by atoms with Gasteiger partial charge in [0, 0.05) is 0 Å². The lowest BCUT2D eigenvalue weighted by Gasteiger charge is -1.95. The highest BCUT2D eigenvalue weighted by Gasteiger charge is 1.89. The summed E-state index contributed by atoms with van der Waals surface area (Å²) in [5.74, 6) is -0.0765. The molecule has 0 unspecified atom stereocenters. The Hall–Kier alpha value is -0.820. The molecule has 12 heavy (non-hydrogen) atoms. The van der Waals surface area contributed by atoms with Crippen LogP contribution in [0.4, 0.5) is 9.59 Å². The van der Waals surface area contributed by atoms with E-state index in [-0.39, 0.29) is 12.3 Å². The van der Waals surface area contributed by atoms with Crippen LogP contribution in [-0.4, -0.2) is 22.1 Å².